The summed E-state index contributed by atoms with van der Waals surface area (Å²) in [4.78, 5) is 12.8. The second kappa shape index (κ2) is 9.49. The van der Waals surface area contributed by atoms with Crippen LogP contribution in [0.5, 0.6) is 5.75 Å². The molecular weight excluding hydrogens is 430 g/mol. The van der Waals surface area contributed by atoms with Gasteiger partial charge in [-0.3, -0.25) is 4.90 Å². The Hall–Kier alpha value is -1.91. The molecule has 3 heterocycles. The van der Waals surface area contributed by atoms with Crippen LogP contribution in [-0.4, -0.2) is 74.0 Å². The van der Waals surface area contributed by atoms with Gasteiger partial charge in [-0.25, -0.2) is 13.4 Å². The third-order valence-corrected chi connectivity index (χ3v) is 6.58. The lowest BCUT2D eigenvalue weighted by atomic mass is 10.0. The van der Waals surface area contributed by atoms with Gasteiger partial charge in [-0.15, -0.1) is 0 Å². The normalized spacial score (nSPS) is 15.9. The quantitative estimate of drug-likeness (QED) is 0.591. The first-order chi connectivity index (χ1) is 14.1. The van der Waals surface area contributed by atoms with E-state index in [1.807, 2.05) is 13.8 Å². The van der Waals surface area contributed by atoms with E-state index in [0.717, 1.165) is 44.6 Å². The summed E-state index contributed by atoms with van der Waals surface area (Å²) in [5.74, 6) is 1.44. The van der Waals surface area contributed by atoms with Gasteiger partial charge in [0.1, 0.15) is 12.4 Å². The molecule has 0 atom stereocenters. The summed E-state index contributed by atoms with van der Waals surface area (Å²) in [6, 6.07) is 2.52. The minimum Gasteiger partial charge on any atom is -0.491 e. The summed E-state index contributed by atoms with van der Waals surface area (Å²) < 4.78 is 34.2. The van der Waals surface area contributed by atoms with E-state index in [9.17, 15) is 8.42 Å². The van der Waals surface area contributed by atoms with Crippen LogP contribution in [0.3, 0.4) is 0 Å². The van der Waals surface area contributed by atoms with Crippen molar-refractivity contribution in [1.82, 2.24) is 20.0 Å². The number of rotatable bonds is 8. The van der Waals surface area contributed by atoms with Gasteiger partial charge in [0.2, 0.25) is 0 Å². The Kier molecular flexibility index (Phi) is 7.20. The van der Waals surface area contributed by atoms with Gasteiger partial charge in [-0.05, 0) is 19.9 Å². The van der Waals surface area contributed by atoms with E-state index in [4.69, 9.17) is 20.9 Å². The molecule has 0 saturated carbocycles. The van der Waals surface area contributed by atoms with Crippen molar-refractivity contribution in [3.8, 4) is 5.75 Å². The fourth-order valence-electron chi connectivity index (χ4n) is 3.34. The number of anilines is 1. The van der Waals surface area contributed by atoms with Crippen LogP contribution in [0.25, 0.3) is 0 Å². The number of ether oxygens (including phenoxy) is 1. The highest BCUT2D eigenvalue weighted by Gasteiger charge is 2.25. The Labute approximate surface area is 182 Å². The lowest BCUT2D eigenvalue weighted by molar-refractivity contribution is 0.169. The molecule has 0 bridgehead atoms. The zero-order valence-corrected chi connectivity index (χ0v) is 19.3. The molecular formula is C19H28ClN5O4S. The number of pyridine rings is 1. The van der Waals surface area contributed by atoms with Crippen molar-refractivity contribution < 1.29 is 17.7 Å². The van der Waals surface area contributed by atoms with Crippen molar-refractivity contribution >= 4 is 27.5 Å². The predicted octanol–water partition coefficient (Wildman–Crippen LogP) is 2.62. The topological polar surface area (TPSA) is 102 Å². The van der Waals surface area contributed by atoms with E-state index in [-0.39, 0.29) is 16.0 Å². The summed E-state index contributed by atoms with van der Waals surface area (Å²) in [7, 11) is -1.38. The van der Waals surface area contributed by atoms with Crippen LogP contribution in [0.15, 0.2) is 21.8 Å². The standard InChI is InChI=1S/C19H28ClN5O4S/c1-13(2)17-22-19(29-23-17)25-7-5-14(6-8-25)24(3)9-10-28-15-11-16(20)18(21-12-15)30(4,26)27/h11-14H,5-10H2,1-4H3. The molecule has 1 aliphatic heterocycles. The Morgan fingerprint density at radius 3 is 2.63 bits per heavy atom. The van der Waals surface area contributed by atoms with Gasteiger partial charge < -0.3 is 14.2 Å². The molecule has 3 rings (SSSR count). The number of halogens is 1. The molecule has 0 amide bonds. The number of piperidine rings is 1. The molecule has 0 aromatic carbocycles. The zero-order chi connectivity index (χ0) is 21.9. The van der Waals surface area contributed by atoms with E-state index in [0.29, 0.717) is 24.4 Å². The average Bonchev–Trinajstić information content (AvgIpc) is 3.18. The number of nitrogens with zero attached hydrogens (tertiary/aromatic N) is 5. The molecule has 1 fully saturated rings. The largest absolute Gasteiger partial charge is 0.491 e. The van der Waals surface area contributed by atoms with E-state index in [1.165, 1.54) is 12.3 Å². The summed E-state index contributed by atoms with van der Waals surface area (Å²) >= 11 is 6.01. The van der Waals surface area contributed by atoms with Gasteiger partial charge in [0.05, 0.1) is 11.2 Å². The Morgan fingerprint density at radius 2 is 2.07 bits per heavy atom. The molecule has 1 aliphatic rings. The van der Waals surface area contributed by atoms with Crippen molar-refractivity contribution in [2.24, 2.45) is 0 Å². The zero-order valence-electron chi connectivity index (χ0n) is 17.7. The minimum absolute atomic E-state index is 0.0670. The van der Waals surface area contributed by atoms with Crippen LogP contribution >= 0.6 is 11.6 Å². The molecule has 0 unspecified atom stereocenters. The van der Waals surface area contributed by atoms with Gasteiger partial charge in [-0.1, -0.05) is 30.6 Å². The molecule has 166 valence electrons. The third-order valence-electron chi connectivity index (χ3n) is 5.15. The number of aromatic nitrogens is 3. The van der Waals surface area contributed by atoms with E-state index in [1.54, 1.807) is 0 Å². The molecule has 2 aromatic rings. The van der Waals surface area contributed by atoms with Crippen LogP contribution in [-0.2, 0) is 9.84 Å². The number of hydrogen-bond acceptors (Lipinski definition) is 9. The van der Waals surface area contributed by atoms with Gasteiger partial charge in [0.15, 0.2) is 20.7 Å². The summed E-state index contributed by atoms with van der Waals surface area (Å²) in [6.07, 6.45) is 4.44. The molecule has 11 heteroatoms. The monoisotopic (exact) mass is 457 g/mol. The van der Waals surface area contributed by atoms with Crippen molar-refractivity contribution in [3.05, 3.63) is 23.1 Å². The lowest BCUT2D eigenvalue weighted by Gasteiger charge is -2.35. The van der Waals surface area contributed by atoms with E-state index in [2.05, 4.69) is 32.0 Å². The lowest BCUT2D eigenvalue weighted by Crippen LogP contribution is -2.44. The number of hydrogen-bond donors (Lipinski definition) is 0. The Bertz CT molecular complexity index is 958. The first kappa shape index (κ1) is 22.8. The summed E-state index contributed by atoms with van der Waals surface area (Å²) in [6.45, 7) is 7.00. The molecule has 0 spiro atoms. The van der Waals surface area contributed by atoms with Gasteiger partial charge in [-0.2, -0.15) is 4.98 Å². The maximum atomic E-state index is 11.6. The molecule has 2 aromatic heterocycles. The summed E-state index contributed by atoms with van der Waals surface area (Å²) in [5, 5.41) is 3.97. The smallest absolute Gasteiger partial charge is 0.324 e. The maximum absolute atomic E-state index is 11.6. The van der Waals surface area contributed by atoms with Crippen molar-refractivity contribution in [2.45, 2.75) is 43.7 Å². The molecule has 0 N–H and O–H groups in total. The van der Waals surface area contributed by atoms with Crippen molar-refractivity contribution in [1.29, 1.82) is 0 Å². The summed E-state index contributed by atoms with van der Waals surface area (Å²) in [5.41, 5.74) is 0. The Morgan fingerprint density at radius 1 is 1.37 bits per heavy atom. The van der Waals surface area contributed by atoms with Gasteiger partial charge in [0.25, 0.3) is 0 Å². The van der Waals surface area contributed by atoms with E-state index >= 15 is 0 Å². The Balaban J connectivity index is 1.45. The molecule has 0 radical (unpaired) electrons. The predicted molar refractivity (Wildman–Crippen MR) is 114 cm³/mol. The second-order valence-electron chi connectivity index (χ2n) is 7.87. The van der Waals surface area contributed by atoms with Crippen LogP contribution in [0, 0.1) is 0 Å². The number of likely N-dealkylation sites (N-methyl/N-ethyl adjacent to an activating group) is 1. The second-order valence-corrected chi connectivity index (χ2v) is 10.2. The van der Waals surface area contributed by atoms with Crippen molar-refractivity contribution in [2.75, 3.05) is 44.4 Å². The minimum atomic E-state index is -3.45. The highest BCUT2D eigenvalue weighted by molar-refractivity contribution is 7.90. The SMILES string of the molecule is CC(C)c1noc(N2CCC(N(C)CCOc3cnc(S(C)(=O)=O)c(Cl)c3)CC2)n1. The molecule has 0 aliphatic carbocycles. The maximum Gasteiger partial charge on any atom is 0.324 e. The van der Waals surface area contributed by atoms with E-state index < -0.39 is 9.84 Å². The highest BCUT2D eigenvalue weighted by atomic mass is 35.5. The van der Waals surface area contributed by atoms with Crippen LogP contribution in [0.4, 0.5) is 6.01 Å². The molecule has 9 nitrogen and oxygen atoms in total. The number of sulfone groups is 1. The fraction of sp³-hybridized carbons (Fsp3) is 0.632. The average molecular weight is 458 g/mol. The van der Waals surface area contributed by atoms with Gasteiger partial charge in [0, 0.05) is 43.9 Å². The third kappa shape index (κ3) is 5.61. The van der Waals surface area contributed by atoms with Crippen LogP contribution < -0.4 is 9.64 Å². The first-order valence-electron chi connectivity index (χ1n) is 9.92. The molecule has 1 saturated heterocycles. The first-order valence-corrected chi connectivity index (χ1v) is 12.2. The highest BCUT2D eigenvalue weighted by Crippen LogP contribution is 2.24. The fourth-order valence-corrected chi connectivity index (χ4v) is 4.57. The molecule has 30 heavy (non-hydrogen) atoms. The van der Waals surface area contributed by atoms with Crippen LogP contribution in [0.2, 0.25) is 5.02 Å². The van der Waals surface area contributed by atoms with Crippen LogP contribution in [0.1, 0.15) is 38.4 Å². The van der Waals surface area contributed by atoms with Gasteiger partial charge >= 0.3 is 6.01 Å². The van der Waals surface area contributed by atoms with Crippen molar-refractivity contribution in [3.63, 3.8) is 0 Å².